The van der Waals surface area contributed by atoms with Crippen molar-refractivity contribution in [1.29, 1.82) is 0 Å². The van der Waals surface area contributed by atoms with Gasteiger partial charge in [0.2, 0.25) is 11.9 Å². The third-order valence-corrected chi connectivity index (χ3v) is 5.93. The molecule has 0 aliphatic carbocycles. The average Bonchev–Trinajstić information content (AvgIpc) is 2.87. The van der Waals surface area contributed by atoms with Crippen molar-refractivity contribution in [3.63, 3.8) is 0 Å². The van der Waals surface area contributed by atoms with Crippen LogP contribution in [0.3, 0.4) is 0 Å². The van der Waals surface area contributed by atoms with Gasteiger partial charge in [-0.2, -0.15) is 41.3 Å². The van der Waals surface area contributed by atoms with Gasteiger partial charge >= 0.3 is 18.4 Å². The second-order valence-corrected chi connectivity index (χ2v) is 9.17. The molecule has 4 rings (SSSR count). The molecular formula is C25H27F6N7O. The van der Waals surface area contributed by atoms with Gasteiger partial charge in [0.05, 0.1) is 5.56 Å². The van der Waals surface area contributed by atoms with Gasteiger partial charge in [0, 0.05) is 58.2 Å². The maximum atomic E-state index is 13.1. The predicted octanol–water partition coefficient (Wildman–Crippen LogP) is 4.96. The Hall–Kier alpha value is -3.81. The number of ether oxygens (including phenoxy) is 1. The van der Waals surface area contributed by atoms with Gasteiger partial charge in [-0.1, -0.05) is 18.2 Å². The summed E-state index contributed by atoms with van der Waals surface area (Å²) >= 11 is 0. The summed E-state index contributed by atoms with van der Waals surface area (Å²) in [5.41, 5.74) is 1.35. The average molecular weight is 556 g/mol. The van der Waals surface area contributed by atoms with Crippen molar-refractivity contribution in [3.05, 3.63) is 59.7 Å². The van der Waals surface area contributed by atoms with Gasteiger partial charge in [-0.25, -0.2) is 0 Å². The topological polar surface area (TPSA) is 69.7 Å². The minimum atomic E-state index is -4.63. The SMILES string of the molecule is CN(C)c1ccc(CN2CCN(c3nc(Nc4cccc(C(F)(F)F)c4)nc(OCC(F)(F)F)n3)CC2)cc1. The highest BCUT2D eigenvalue weighted by Crippen LogP contribution is 2.31. The van der Waals surface area contributed by atoms with Crippen LogP contribution in [0, 0.1) is 0 Å². The first-order valence-electron chi connectivity index (χ1n) is 12.0. The minimum absolute atomic E-state index is 0.00820. The number of piperazine rings is 1. The molecule has 39 heavy (non-hydrogen) atoms. The zero-order valence-electron chi connectivity index (χ0n) is 21.2. The van der Waals surface area contributed by atoms with Crippen molar-refractivity contribution in [1.82, 2.24) is 19.9 Å². The van der Waals surface area contributed by atoms with Gasteiger partial charge in [0.15, 0.2) is 6.61 Å². The van der Waals surface area contributed by atoms with Gasteiger partial charge < -0.3 is 19.9 Å². The molecule has 8 nitrogen and oxygen atoms in total. The van der Waals surface area contributed by atoms with Crippen molar-refractivity contribution in [2.75, 3.05) is 62.0 Å². The molecule has 0 amide bonds. The second kappa shape index (κ2) is 11.5. The van der Waals surface area contributed by atoms with E-state index in [0.29, 0.717) is 26.2 Å². The molecule has 2 aromatic carbocycles. The normalized spacial score (nSPS) is 14.8. The minimum Gasteiger partial charge on any atom is -0.454 e. The van der Waals surface area contributed by atoms with Gasteiger partial charge in [-0.3, -0.25) is 4.90 Å². The van der Waals surface area contributed by atoms with Crippen LogP contribution >= 0.6 is 0 Å². The van der Waals surface area contributed by atoms with E-state index in [1.807, 2.05) is 31.1 Å². The molecule has 2 heterocycles. The lowest BCUT2D eigenvalue weighted by molar-refractivity contribution is -0.154. The van der Waals surface area contributed by atoms with Crippen LogP contribution < -0.4 is 19.9 Å². The molecule has 1 saturated heterocycles. The Bertz CT molecular complexity index is 1240. The highest BCUT2D eigenvalue weighted by Gasteiger charge is 2.31. The van der Waals surface area contributed by atoms with Crippen LogP contribution in [0.1, 0.15) is 11.1 Å². The molecule has 1 fully saturated rings. The molecule has 0 atom stereocenters. The van der Waals surface area contributed by atoms with Crippen LogP contribution in [0.4, 0.5) is 49.6 Å². The summed E-state index contributed by atoms with van der Waals surface area (Å²) in [5.74, 6) is -0.174. The Labute approximate surface area is 221 Å². The van der Waals surface area contributed by atoms with Crippen LogP contribution in [0.2, 0.25) is 0 Å². The molecule has 1 N–H and O–H groups in total. The summed E-state index contributed by atoms with van der Waals surface area (Å²) < 4.78 is 82.3. The summed E-state index contributed by atoms with van der Waals surface area (Å²) in [4.78, 5) is 18.1. The molecule has 210 valence electrons. The Morgan fingerprint density at radius 1 is 0.897 bits per heavy atom. The van der Waals surface area contributed by atoms with Crippen molar-refractivity contribution in [2.45, 2.75) is 18.9 Å². The van der Waals surface area contributed by atoms with Crippen LogP contribution in [0.15, 0.2) is 48.5 Å². The lowest BCUT2D eigenvalue weighted by Crippen LogP contribution is -2.46. The number of halogens is 6. The number of nitrogens with one attached hydrogen (secondary N) is 1. The maximum Gasteiger partial charge on any atom is 0.422 e. The summed E-state index contributed by atoms with van der Waals surface area (Å²) in [7, 11) is 3.94. The molecule has 0 spiro atoms. The number of nitrogens with zero attached hydrogens (tertiary/aromatic N) is 6. The molecule has 14 heteroatoms. The fourth-order valence-corrected chi connectivity index (χ4v) is 3.92. The van der Waals surface area contributed by atoms with E-state index in [9.17, 15) is 26.3 Å². The Morgan fingerprint density at radius 2 is 1.59 bits per heavy atom. The predicted molar refractivity (Wildman–Crippen MR) is 134 cm³/mol. The van der Waals surface area contributed by atoms with E-state index >= 15 is 0 Å². The number of benzene rings is 2. The van der Waals surface area contributed by atoms with E-state index in [-0.39, 0.29) is 17.6 Å². The van der Waals surface area contributed by atoms with E-state index in [1.165, 1.54) is 12.1 Å². The van der Waals surface area contributed by atoms with Gasteiger partial charge in [-0.05, 0) is 35.9 Å². The number of alkyl halides is 6. The number of rotatable bonds is 8. The summed E-state index contributed by atoms with van der Waals surface area (Å²) in [6, 6.07) is 11.9. The summed E-state index contributed by atoms with van der Waals surface area (Å²) in [5, 5.41) is 2.62. The Morgan fingerprint density at radius 3 is 2.21 bits per heavy atom. The highest BCUT2D eigenvalue weighted by molar-refractivity contribution is 5.56. The number of aromatic nitrogens is 3. The Kier molecular flexibility index (Phi) is 8.33. The van der Waals surface area contributed by atoms with E-state index in [1.54, 1.807) is 4.90 Å². The molecule has 3 aromatic rings. The molecule has 0 saturated carbocycles. The van der Waals surface area contributed by atoms with E-state index in [0.717, 1.165) is 29.9 Å². The summed E-state index contributed by atoms with van der Waals surface area (Å²) in [6.45, 7) is 1.32. The molecule has 1 aromatic heterocycles. The molecule has 1 aliphatic heterocycles. The van der Waals surface area contributed by atoms with Gasteiger partial charge in [-0.15, -0.1) is 0 Å². The van der Waals surface area contributed by atoms with Crippen molar-refractivity contribution in [2.24, 2.45) is 0 Å². The van der Waals surface area contributed by atoms with Gasteiger partial charge in [0.1, 0.15) is 0 Å². The lowest BCUT2D eigenvalue weighted by Gasteiger charge is -2.34. The van der Waals surface area contributed by atoms with Crippen LogP contribution in [-0.4, -0.2) is 72.9 Å². The zero-order valence-corrected chi connectivity index (χ0v) is 21.2. The molecule has 0 radical (unpaired) electrons. The van der Waals surface area contributed by atoms with E-state index in [4.69, 9.17) is 4.74 Å². The first kappa shape index (κ1) is 28.2. The molecule has 0 unspecified atom stereocenters. The van der Waals surface area contributed by atoms with Crippen molar-refractivity contribution < 1.29 is 31.1 Å². The van der Waals surface area contributed by atoms with Crippen molar-refractivity contribution >= 4 is 23.3 Å². The van der Waals surface area contributed by atoms with Crippen LogP contribution in [-0.2, 0) is 12.7 Å². The lowest BCUT2D eigenvalue weighted by atomic mass is 10.1. The third-order valence-electron chi connectivity index (χ3n) is 5.93. The number of hydrogen-bond acceptors (Lipinski definition) is 8. The van der Waals surface area contributed by atoms with E-state index in [2.05, 4.69) is 37.3 Å². The molecular weight excluding hydrogens is 528 g/mol. The second-order valence-electron chi connectivity index (χ2n) is 9.17. The third kappa shape index (κ3) is 8.09. The summed E-state index contributed by atoms with van der Waals surface area (Å²) in [6.07, 6.45) is -9.20. The highest BCUT2D eigenvalue weighted by atomic mass is 19.4. The van der Waals surface area contributed by atoms with Crippen molar-refractivity contribution in [3.8, 4) is 6.01 Å². The molecule has 1 aliphatic rings. The fourth-order valence-electron chi connectivity index (χ4n) is 3.92. The Balaban J connectivity index is 1.48. The fraction of sp³-hybridized carbons (Fsp3) is 0.400. The first-order valence-corrected chi connectivity index (χ1v) is 12.0. The number of anilines is 4. The monoisotopic (exact) mass is 555 g/mol. The van der Waals surface area contributed by atoms with Crippen LogP contribution in [0.25, 0.3) is 0 Å². The van der Waals surface area contributed by atoms with Crippen LogP contribution in [0.5, 0.6) is 6.01 Å². The standard InChI is InChI=1S/C25H27F6N7O/c1-36(2)20-8-6-17(7-9-20)15-37-10-12-38(13-11-37)22-33-21(34-23(35-22)39-16-24(26,27)28)32-19-5-3-4-18(14-19)25(29,30)31/h3-9,14H,10-13,15-16H2,1-2H3,(H,32,33,34,35). The van der Waals surface area contributed by atoms with E-state index < -0.39 is 30.5 Å². The first-order chi connectivity index (χ1) is 18.4. The quantitative estimate of drug-likeness (QED) is 0.391. The van der Waals surface area contributed by atoms with Gasteiger partial charge in [0.25, 0.3) is 0 Å². The molecule has 0 bridgehead atoms. The zero-order chi connectivity index (χ0) is 28.2. The number of hydrogen-bond donors (Lipinski definition) is 1. The maximum absolute atomic E-state index is 13.1. The smallest absolute Gasteiger partial charge is 0.422 e. The largest absolute Gasteiger partial charge is 0.454 e.